The van der Waals surface area contributed by atoms with Gasteiger partial charge in [0.2, 0.25) is 0 Å². The number of hydrogen-bond acceptors (Lipinski definition) is 7. The summed E-state index contributed by atoms with van der Waals surface area (Å²) in [4.78, 5) is 10.2. The van der Waals surface area contributed by atoms with E-state index in [2.05, 4.69) is 23.7 Å². The maximum Gasteiger partial charge on any atom is 0.304 e. The Labute approximate surface area is 140 Å². The number of unbranched alkanes of at least 4 members (excludes halogenated alkanes) is 1. The molecule has 1 rings (SSSR count). The third-order valence-corrected chi connectivity index (χ3v) is 3.28. The molecule has 24 heavy (non-hydrogen) atoms. The van der Waals surface area contributed by atoms with E-state index in [1.807, 2.05) is 0 Å². The number of ether oxygens (including phenoxy) is 2. The van der Waals surface area contributed by atoms with Crippen molar-refractivity contribution in [2.45, 2.75) is 56.4 Å². The standard InChI is InChI=1S/C16H22O8/c17-10-11-13(20)14(21)15(22)16(24-11)23-9-7-5-3-1-2-4-6-8-12(18)19/h11,13-17,20-22H,5-10H2,(H,18,19)/t11-,13-,14+,15-,16-/m1/s1. The number of carbonyl (C=O) groups is 1. The average molecular weight is 342 g/mol. The van der Waals surface area contributed by atoms with Crippen LogP contribution in [0.1, 0.15) is 25.7 Å². The van der Waals surface area contributed by atoms with E-state index in [0.717, 1.165) is 0 Å². The molecule has 5 N–H and O–H groups in total. The first-order chi connectivity index (χ1) is 11.5. The Bertz CT molecular complexity index is 510. The van der Waals surface area contributed by atoms with E-state index in [0.29, 0.717) is 12.8 Å². The van der Waals surface area contributed by atoms with Crippen LogP contribution in [-0.4, -0.2) is 75.4 Å². The van der Waals surface area contributed by atoms with Gasteiger partial charge in [-0.3, -0.25) is 4.79 Å². The lowest BCUT2D eigenvalue weighted by atomic mass is 9.99. The van der Waals surface area contributed by atoms with Crippen LogP contribution in [0.3, 0.4) is 0 Å². The van der Waals surface area contributed by atoms with Gasteiger partial charge in [0, 0.05) is 12.8 Å². The first-order valence-electron chi connectivity index (χ1n) is 7.57. The van der Waals surface area contributed by atoms with E-state index < -0.39 is 43.3 Å². The fraction of sp³-hybridized carbons (Fsp3) is 0.688. The number of carboxylic acids is 1. The molecule has 0 aromatic carbocycles. The summed E-state index contributed by atoms with van der Waals surface area (Å²) >= 11 is 0. The lowest BCUT2D eigenvalue weighted by Crippen LogP contribution is -2.59. The second kappa shape index (κ2) is 11.0. The van der Waals surface area contributed by atoms with Gasteiger partial charge >= 0.3 is 5.97 Å². The molecule has 0 aliphatic carbocycles. The SMILES string of the molecule is O=C(O)CCC#CC#CCCCO[C@@H]1O[C@H](CO)[C@@H](O)[C@H](O)[C@H]1O. The lowest BCUT2D eigenvalue weighted by Gasteiger charge is -2.39. The molecule has 1 aliphatic rings. The minimum Gasteiger partial charge on any atom is -0.481 e. The molecule has 1 saturated heterocycles. The first kappa shape index (κ1) is 20.4. The Balaban J connectivity index is 2.24. The molecule has 0 radical (unpaired) electrons. The molecule has 0 unspecified atom stereocenters. The van der Waals surface area contributed by atoms with E-state index in [4.69, 9.17) is 19.7 Å². The summed E-state index contributed by atoms with van der Waals surface area (Å²) in [6.07, 6.45) is -5.15. The number of aliphatic carboxylic acids is 1. The third-order valence-electron chi connectivity index (χ3n) is 3.28. The monoisotopic (exact) mass is 342 g/mol. The fourth-order valence-corrected chi connectivity index (χ4v) is 1.95. The summed E-state index contributed by atoms with van der Waals surface area (Å²) < 4.78 is 10.5. The van der Waals surface area contributed by atoms with Crippen LogP contribution < -0.4 is 0 Å². The number of aliphatic hydroxyl groups is 4. The molecule has 1 heterocycles. The summed E-state index contributed by atoms with van der Waals surface area (Å²) in [7, 11) is 0. The van der Waals surface area contributed by atoms with E-state index in [9.17, 15) is 20.1 Å². The summed E-state index contributed by atoms with van der Waals surface area (Å²) in [6.45, 7) is -0.305. The topological polar surface area (TPSA) is 137 Å². The van der Waals surface area contributed by atoms with Crippen LogP contribution in [-0.2, 0) is 14.3 Å². The highest BCUT2D eigenvalue weighted by molar-refractivity contribution is 5.67. The highest BCUT2D eigenvalue weighted by atomic mass is 16.7. The van der Waals surface area contributed by atoms with Gasteiger partial charge in [-0.25, -0.2) is 0 Å². The molecule has 0 spiro atoms. The van der Waals surface area contributed by atoms with Crippen molar-refractivity contribution < 1.29 is 39.8 Å². The Hall–Kier alpha value is -1.65. The number of carboxylic acid groups (broad SMARTS) is 1. The van der Waals surface area contributed by atoms with Crippen LogP contribution in [0.15, 0.2) is 0 Å². The molecule has 1 aliphatic heterocycles. The summed E-state index contributed by atoms with van der Waals surface area (Å²) in [6, 6.07) is 0. The van der Waals surface area contributed by atoms with Crippen molar-refractivity contribution >= 4 is 5.97 Å². The van der Waals surface area contributed by atoms with Gasteiger partial charge in [0.05, 0.1) is 19.6 Å². The van der Waals surface area contributed by atoms with Gasteiger partial charge in [0.1, 0.15) is 24.4 Å². The minimum absolute atomic E-state index is 0.0123. The normalized spacial score (nSPS) is 29.1. The second-order valence-corrected chi connectivity index (χ2v) is 5.17. The number of rotatable bonds is 7. The van der Waals surface area contributed by atoms with Crippen molar-refractivity contribution in [2.24, 2.45) is 0 Å². The van der Waals surface area contributed by atoms with Crippen molar-refractivity contribution in [3.8, 4) is 23.7 Å². The Morgan fingerprint density at radius 3 is 2.33 bits per heavy atom. The van der Waals surface area contributed by atoms with E-state index in [1.54, 1.807) is 0 Å². The summed E-state index contributed by atoms with van der Waals surface area (Å²) in [5, 5.41) is 46.4. The lowest BCUT2D eigenvalue weighted by molar-refractivity contribution is -0.301. The maximum atomic E-state index is 10.2. The molecule has 8 nitrogen and oxygen atoms in total. The number of hydrogen-bond donors (Lipinski definition) is 5. The molecule has 8 heteroatoms. The first-order valence-corrected chi connectivity index (χ1v) is 7.57. The Kier molecular flexibility index (Phi) is 9.35. The smallest absolute Gasteiger partial charge is 0.304 e. The average Bonchev–Trinajstić information content (AvgIpc) is 2.56. The fourth-order valence-electron chi connectivity index (χ4n) is 1.95. The van der Waals surface area contributed by atoms with Crippen molar-refractivity contribution in [1.29, 1.82) is 0 Å². The molecular formula is C16H22O8. The van der Waals surface area contributed by atoms with Crippen molar-refractivity contribution in [2.75, 3.05) is 13.2 Å². The third kappa shape index (κ3) is 6.85. The van der Waals surface area contributed by atoms with Crippen LogP contribution in [0.2, 0.25) is 0 Å². The molecule has 0 aromatic heterocycles. The van der Waals surface area contributed by atoms with Crippen molar-refractivity contribution in [1.82, 2.24) is 0 Å². The van der Waals surface area contributed by atoms with Gasteiger partial charge in [0.25, 0.3) is 0 Å². The largest absolute Gasteiger partial charge is 0.481 e. The molecule has 1 fully saturated rings. The molecular weight excluding hydrogens is 320 g/mol. The zero-order chi connectivity index (χ0) is 17.9. The van der Waals surface area contributed by atoms with Crippen LogP contribution in [0, 0.1) is 23.7 Å². The number of aliphatic hydroxyl groups excluding tert-OH is 4. The van der Waals surface area contributed by atoms with Gasteiger partial charge in [-0.05, 0) is 18.3 Å². The van der Waals surface area contributed by atoms with Gasteiger partial charge in [-0.2, -0.15) is 0 Å². The second-order valence-electron chi connectivity index (χ2n) is 5.17. The van der Waals surface area contributed by atoms with Crippen LogP contribution in [0.4, 0.5) is 0 Å². The molecule has 0 aromatic rings. The molecule has 134 valence electrons. The maximum absolute atomic E-state index is 10.2. The Morgan fingerprint density at radius 2 is 1.71 bits per heavy atom. The van der Waals surface area contributed by atoms with Gasteiger partial charge in [-0.15, -0.1) is 0 Å². The highest BCUT2D eigenvalue weighted by Crippen LogP contribution is 2.21. The van der Waals surface area contributed by atoms with E-state index in [1.165, 1.54) is 0 Å². The van der Waals surface area contributed by atoms with Crippen molar-refractivity contribution in [3.63, 3.8) is 0 Å². The predicted molar refractivity (Wildman–Crippen MR) is 81.4 cm³/mol. The van der Waals surface area contributed by atoms with E-state index >= 15 is 0 Å². The zero-order valence-corrected chi connectivity index (χ0v) is 13.1. The molecule has 0 saturated carbocycles. The van der Waals surface area contributed by atoms with Gasteiger partial charge < -0.3 is 35.0 Å². The van der Waals surface area contributed by atoms with Crippen molar-refractivity contribution in [3.05, 3.63) is 0 Å². The predicted octanol–water partition coefficient (Wildman–Crippen LogP) is -1.55. The minimum atomic E-state index is -1.46. The summed E-state index contributed by atoms with van der Waals surface area (Å²) in [5.74, 6) is 9.63. The van der Waals surface area contributed by atoms with Gasteiger partial charge in [-0.1, -0.05) is 11.8 Å². The van der Waals surface area contributed by atoms with E-state index in [-0.39, 0.29) is 19.4 Å². The quantitative estimate of drug-likeness (QED) is 0.277. The Morgan fingerprint density at radius 1 is 1.04 bits per heavy atom. The molecule has 5 atom stereocenters. The highest BCUT2D eigenvalue weighted by Gasteiger charge is 2.43. The van der Waals surface area contributed by atoms with Gasteiger partial charge in [0.15, 0.2) is 6.29 Å². The molecule has 0 bridgehead atoms. The van der Waals surface area contributed by atoms with Crippen LogP contribution >= 0.6 is 0 Å². The zero-order valence-electron chi connectivity index (χ0n) is 13.1. The molecule has 0 amide bonds. The van der Waals surface area contributed by atoms with Crippen LogP contribution in [0.25, 0.3) is 0 Å². The van der Waals surface area contributed by atoms with Crippen LogP contribution in [0.5, 0.6) is 0 Å². The summed E-state index contributed by atoms with van der Waals surface area (Å²) in [5.41, 5.74) is 0.